The zero-order chi connectivity index (χ0) is 25.2. The maximum absolute atomic E-state index is 13.1. The number of sulfonamides is 1. The van der Waals surface area contributed by atoms with Crippen molar-refractivity contribution in [3.8, 4) is 5.75 Å². The Kier molecular flexibility index (Phi) is 6.81. The Hall–Kier alpha value is -3.45. The van der Waals surface area contributed by atoms with Gasteiger partial charge in [0.15, 0.2) is 0 Å². The summed E-state index contributed by atoms with van der Waals surface area (Å²) in [6.45, 7) is 2.71. The molecule has 3 aromatic rings. The molecular formula is C22H21F4N5O3S. The highest BCUT2D eigenvalue weighted by atomic mass is 32.2. The van der Waals surface area contributed by atoms with Gasteiger partial charge < -0.3 is 15.0 Å². The fourth-order valence-electron chi connectivity index (χ4n) is 3.53. The number of nitrogens with zero attached hydrogens (tertiary/aromatic N) is 4. The highest BCUT2D eigenvalue weighted by Gasteiger charge is 2.32. The molecule has 0 spiro atoms. The zero-order valence-corrected chi connectivity index (χ0v) is 19.3. The lowest BCUT2D eigenvalue weighted by Crippen LogP contribution is -2.49. The number of nitrogens with one attached hydrogen (secondary N) is 1. The monoisotopic (exact) mass is 511 g/mol. The van der Waals surface area contributed by atoms with Gasteiger partial charge in [0.2, 0.25) is 16.0 Å². The average Bonchev–Trinajstić information content (AvgIpc) is 2.80. The molecule has 13 heteroatoms. The van der Waals surface area contributed by atoms with Gasteiger partial charge in [-0.25, -0.2) is 17.8 Å². The third-order valence-corrected chi connectivity index (χ3v) is 7.09. The smallest absolute Gasteiger partial charge is 0.406 e. The van der Waals surface area contributed by atoms with Crippen molar-refractivity contribution < 1.29 is 30.7 Å². The van der Waals surface area contributed by atoms with Crippen molar-refractivity contribution in [3.05, 3.63) is 66.1 Å². The molecule has 2 aromatic carbocycles. The molecule has 2 heterocycles. The van der Waals surface area contributed by atoms with Crippen LogP contribution in [0.3, 0.4) is 0 Å². The minimum atomic E-state index is -4.86. The van der Waals surface area contributed by atoms with Gasteiger partial charge in [0, 0.05) is 43.6 Å². The van der Waals surface area contributed by atoms with Crippen LogP contribution in [0.15, 0.2) is 59.5 Å². The van der Waals surface area contributed by atoms with Crippen LogP contribution in [0.25, 0.3) is 0 Å². The lowest BCUT2D eigenvalue weighted by molar-refractivity contribution is -0.274. The number of aromatic nitrogens is 2. The molecule has 1 N–H and O–H groups in total. The van der Waals surface area contributed by atoms with Gasteiger partial charge >= 0.3 is 6.36 Å². The third-order valence-electron chi connectivity index (χ3n) is 5.18. The first-order valence-corrected chi connectivity index (χ1v) is 11.9. The molecule has 0 aliphatic carbocycles. The first-order chi connectivity index (χ1) is 16.5. The number of aryl methyl sites for hydroxylation is 1. The second-order valence-electron chi connectivity index (χ2n) is 7.74. The maximum Gasteiger partial charge on any atom is 0.573 e. The largest absolute Gasteiger partial charge is 0.573 e. The van der Waals surface area contributed by atoms with E-state index in [1.807, 2.05) is 4.90 Å². The number of hydrogen-bond acceptors (Lipinski definition) is 7. The molecule has 1 saturated heterocycles. The zero-order valence-electron chi connectivity index (χ0n) is 18.5. The maximum atomic E-state index is 13.1. The molecule has 1 fully saturated rings. The Balaban J connectivity index is 1.42. The van der Waals surface area contributed by atoms with Crippen LogP contribution in [0.2, 0.25) is 0 Å². The van der Waals surface area contributed by atoms with Crippen LogP contribution in [0.4, 0.5) is 35.0 Å². The summed E-state index contributed by atoms with van der Waals surface area (Å²) in [5.41, 5.74) is 1.34. The molecule has 1 aliphatic heterocycles. The second kappa shape index (κ2) is 9.66. The number of rotatable bonds is 6. The molecule has 0 atom stereocenters. The summed E-state index contributed by atoms with van der Waals surface area (Å²) in [6.07, 6.45) is -4.86. The molecule has 1 aromatic heterocycles. The first kappa shape index (κ1) is 24.7. The Morgan fingerprint density at radius 2 is 1.57 bits per heavy atom. The molecule has 0 bridgehead atoms. The summed E-state index contributed by atoms with van der Waals surface area (Å²) in [6, 6.07) is 11.6. The van der Waals surface area contributed by atoms with E-state index < -0.39 is 22.1 Å². The number of benzene rings is 2. The number of alkyl halides is 3. The fourth-order valence-corrected chi connectivity index (χ4v) is 4.95. The van der Waals surface area contributed by atoms with E-state index in [0.717, 1.165) is 24.3 Å². The van der Waals surface area contributed by atoms with Crippen LogP contribution in [0.1, 0.15) is 5.69 Å². The number of halogens is 4. The quantitative estimate of drug-likeness (QED) is 0.499. The Morgan fingerprint density at radius 1 is 0.943 bits per heavy atom. The van der Waals surface area contributed by atoms with E-state index in [2.05, 4.69) is 20.0 Å². The van der Waals surface area contributed by atoms with Crippen LogP contribution in [-0.2, 0) is 10.0 Å². The summed E-state index contributed by atoms with van der Waals surface area (Å²) in [5.74, 6) is 0.0760. The summed E-state index contributed by atoms with van der Waals surface area (Å²) < 4.78 is 81.1. The van der Waals surface area contributed by atoms with Crippen molar-refractivity contribution in [2.45, 2.75) is 18.2 Å². The van der Waals surface area contributed by atoms with Gasteiger partial charge in [0.1, 0.15) is 17.4 Å². The van der Waals surface area contributed by atoms with Crippen LogP contribution >= 0.6 is 0 Å². The number of hydrogen-bond donors (Lipinski definition) is 1. The van der Waals surface area contributed by atoms with Crippen LogP contribution < -0.4 is 15.0 Å². The van der Waals surface area contributed by atoms with Crippen molar-refractivity contribution in [2.24, 2.45) is 0 Å². The van der Waals surface area contributed by atoms with E-state index in [1.54, 1.807) is 25.1 Å². The molecule has 1 aliphatic rings. The molecule has 0 unspecified atom stereocenters. The Bertz CT molecular complexity index is 1280. The van der Waals surface area contributed by atoms with Crippen LogP contribution in [-0.4, -0.2) is 55.2 Å². The van der Waals surface area contributed by atoms with Crippen molar-refractivity contribution in [1.29, 1.82) is 0 Å². The molecule has 0 radical (unpaired) electrons. The van der Waals surface area contributed by atoms with E-state index in [1.165, 1.54) is 16.4 Å². The van der Waals surface area contributed by atoms with E-state index in [9.17, 15) is 26.0 Å². The van der Waals surface area contributed by atoms with Gasteiger partial charge in [-0.2, -0.15) is 9.29 Å². The molecular weight excluding hydrogens is 490 g/mol. The van der Waals surface area contributed by atoms with Gasteiger partial charge in [-0.05, 0) is 55.5 Å². The van der Waals surface area contributed by atoms with E-state index in [0.29, 0.717) is 36.2 Å². The number of anilines is 3. The highest BCUT2D eigenvalue weighted by Crippen LogP contribution is 2.26. The predicted molar refractivity (Wildman–Crippen MR) is 121 cm³/mol. The molecule has 0 saturated carbocycles. The second-order valence-corrected chi connectivity index (χ2v) is 9.67. The van der Waals surface area contributed by atoms with Gasteiger partial charge in [-0.15, -0.1) is 13.2 Å². The molecule has 0 amide bonds. The average molecular weight is 512 g/mol. The summed E-state index contributed by atoms with van der Waals surface area (Å²) in [5, 5.41) is 3.09. The van der Waals surface area contributed by atoms with Gasteiger partial charge in [-0.1, -0.05) is 0 Å². The lowest BCUT2D eigenvalue weighted by Gasteiger charge is -2.34. The van der Waals surface area contributed by atoms with Crippen molar-refractivity contribution in [3.63, 3.8) is 0 Å². The van der Waals surface area contributed by atoms with E-state index in [-0.39, 0.29) is 23.8 Å². The van der Waals surface area contributed by atoms with Crippen LogP contribution in [0, 0.1) is 12.7 Å². The normalized spacial score (nSPS) is 15.2. The standard InChI is InChI=1S/C22H21F4N5O3S/c1-15-14-20(28-17-4-2-16(23)3-5-17)29-21(27-15)30-10-12-31(13-11-30)35(32,33)19-8-6-18(7-9-19)34-22(24,25)26/h2-9,14H,10-13H2,1H3,(H,27,28,29). The Morgan fingerprint density at radius 3 is 2.17 bits per heavy atom. The predicted octanol–water partition coefficient (Wildman–Crippen LogP) is 4.08. The summed E-state index contributed by atoms with van der Waals surface area (Å²) in [4.78, 5) is 10.6. The van der Waals surface area contributed by atoms with Gasteiger partial charge in [-0.3, -0.25) is 0 Å². The van der Waals surface area contributed by atoms with Crippen molar-refractivity contribution in [2.75, 3.05) is 36.4 Å². The number of ether oxygens (including phenoxy) is 1. The third kappa shape index (κ3) is 6.17. The van der Waals surface area contributed by atoms with Crippen molar-refractivity contribution in [1.82, 2.24) is 14.3 Å². The topological polar surface area (TPSA) is 87.7 Å². The minimum absolute atomic E-state index is 0.127. The highest BCUT2D eigenvalue weighted by molar-refractivity contribution is 7.89. The lowest BCUT2D eigenvalue weighted by atomic mass is 10.3. The SMILES string of the molecule is Cc1cc(Nc2ccc(F)cc2)nc(N2CCN(S(=O)(=O)c3ccc(OC(F)(F)F)cc3)CC2)n1. The van der Waals surface area contributed by atoms with Gasteiger partial charge in [0.05, 0.1) is 4.90 Å². The Labute approximate surface area is 199 Å². The van der Waals surface area contributed by atoms with Gasteiger partial charge in [0.25, 0.3) is 0 Å². The molecule has 8 nitrogen and oxygen atoms in total. The minimum Gasteiger partial charge on any atom is -0.406 e. The first-order valence-electron chi connectivity index (χ1n) is 10.5. The van der Waals surface area contributed by atoms with E-state index >= 15 is 0 Å². The van der Waals surface area contributed by atoms with Crippen LogP contribution in [0.5, 0.6) is 5.75 Å². The molecule has 186 valence electrons. The summed E-state index contributed by atoms with van der Waals surface area (Å²) >= 11 is 0. The van der Waals surface area contributed by atoms with Crippen molar-refractivity contribution >= 4 is 27.5 Å². The summed E-state index contributed by atoms with van der Waals surface area (Å²) in [7, 11) is -3.90. The van der Waals surface area contributed by atoms with E-state index in [4.69, 9.17) is 0 Å². The fraction of sp³-hybridized carbons (Fsp3) is 0.273. The molecule has 4 rings (SSSR count). The number of piperazine rings is 1. The molecule has 35 heavy (non-hydrogen) atoms.